The number of aryl methyl sites for hydroxylation is 1. The van der Waals surface area contributed by atoms with E-state index in [0.29, 0.717) is 26.1 Å². The summed E-state index contributed by atoms with van der Waals surface area (Å²) in [4.78, 5) is 17.2. The number of fused-ring (bicyclic) bond motifs is 1. The summed E-state index contributed by atoms with van der Waals surface area (Å²) in [7, 11) is -2.65. The number of hydrogen-bond acceptors (Lipinski definition) is 4. The summed E-state index contributed by atoms with van der Waals surface area (Å²) in [5.41, 5.74) is 4.47. The average molecular weight is 474 g/mol. The van der Waals surface area contributed by atoms with Gasteiger partial charge in [-0.15, -0.1) is 0 Å². The first-order valence-electron chi connectivity index (χ1n) is 12.2. The lowest BCUT2D eigenvalue weighted by Crippen LogP contribution is -2.66. The molecule has 0 spiro atoms. The van der Waals surface area contributed by atoms with Gasteiger partial charge in [-0.05, 0) is 58.8 Å². The van der Waals surface area contributed by atoms with Crippen molar-refractivity contribution in [2.45, 2.75) is 59.1 Å². The number of ether oxygens (including phenoxy) is 1. The van der Waals surface area contributed by atoms with Crippen LogP contribution in [0.1, 0.15) is 50.1 Å². The first kappa shape index (κ1) is 24.4. The summed E-state index contributed by atoms with van der Waals surface area (Å²) < 4.78 is 12.5. The molecule has 0 bridgehead atoms. The molecule has 0 saturated heterocycles. The van der Waals surface area contributed by atoms with Crippen LogP contribution in [-0.2, 0) is 33.4 Å². The summed E-state index contributed by atoms with van der Waals surface area (Å²) in [6, 6.07) is 21.4. The van der Waals surface area contributed by atoms with E-state index < -0.39 is 8.32 Å². The SMILES string of the molecule is CCOC(=O)C1Cc2c(CO[Si](c3ccccc3)(c3ccccc3)C(C)(C)C)cnc(C)c2C1. The number of hydrogen-bond donors (Lipinski definition) is 0. The van der Waals surface area contributed by atoms with Crippen LogP contribution < -0.4 is 10.4 Å². The van der Waals surface area contributed by atoms with Gasteiger partial charge in [-0.1, -0.05) is 81.4 Å². The number of benzene rings is 2. The highest BCUT2D eigenvalue weighted by molar-refractivity contribution is 6.99. The minimum atomic E-state index is -2.65. The first-order valence-corrected chi connectivity index (χ1v) is 14.1. The Bertz CT molecular complexity index is 1100. The van der Waals surface area contributed by atoms with E-state index in [-0.39, 0.29) is 16.9 Å². The van der Waals surface area contributed by atoms with Crippen molar-refractivity contribution in [2.75, 3.05) is 6.61 Å². The van der Waals surface area contributed by atoms with Gasteiger partial charge in [0.15, 0.2) is 0 Å². The van der Waals surface area contributed by atoms with Crippen molar-refractivity contribution in [1.29, 1.82) is 0 Å². The van der Waals surface area contributed by atoms with Crippen LogP contribution in [-0.4, -0.2) is 25.9 Å². The molecule has 4 nitrogen and oxygen atoms in total. The predicted octanol–water partition coefficient (Wildman–Crippen LogP) is 4.74. The molecule has 1 unspecified atom stereocenters. The van der Waals surface area contributed by atoms with Crippen molar-refractivity contribution in [3.63, 3.8) is 0 Å². The number of carbonyl (C=O) groups is 1. The Morgan fingerprint density at radius 2 is 1.53 bits per heavy atom. The summed E-state index contributed by atoms with van der Waals surface area (Å²) in [6.07, 6.45) is 3.33. The minimum absolute atomic E-state index is 0.0928. The van der Waals surface area contributed by atoms with Gasteiger partial charge in [0.05, 0.1) is 19.1 Å². The van der Waals surface area contributed by atoms with Gasteiger partial charge in [0.2, 0.25) is 0 Å². The quantitative estimate of drug-likeness (QED) is 0.367. The Hall–Kier alpha value is -2.76. The van der Waals surface area contributed by atoms with Gasteiger partial charge in [-0.25, -0.2) is 0 Å². The van der Waals surface area contributed by atoms with Crippen molar-refractivity contribution < 1.29 is 14.0 Å². The summed E-state index contributed by atoms with van der Waals surface area (Å²) in [5, 5.41) is 2.43. The van der Waals surface area contributed by atoms with E-state index in [1.54, 1.807) is 0 Å². The third kappa shape index (κ3) is 4.47. The van der Waals surface area contributed by atoms with Crippen LogP contribution in [0.25, 0.3) is 0 Å². The molecule has 0 fully saturated rings. The first-order chi connectivity index (χ1) is 16.3. The van der Waals surface area contributed by atoms with Gasteiger partial charge in [-0.3, -0.25) is 9.78 Å². The van der Waals surface area contributed by atoms with Crippen LogP contribution >= 0.6 is 0 Å². The van der Waals surface area contributed by atoms with Crippen LogP contribution in [0.4, 0.5) is 0 Å². The van der Waals surface area contributed by atoms with Crippen molar-refractivity contribution in [3.05, 3.63) is 89.2 Å². The van der Waals surface area contributed by atoms with Gasteiger partial charge >= 0.3 is 5.97 Å². The standard InChI is InChI=1S/C29H35NO3Si/c1-6-32-28(31)22-17-26-21(2)30-19-23(27(26)18-22)20-33-34(29(3,4)5,24-13-9-7-10-14-24)25-15-11-8-12-16-25/h7-16,19,22H,6,17-18,20H2,1-5H3. The van der Waals surface area contributed by atoms with Crippen LogP contribution in [0.15, 0.2) is 66.9 Å². The number of nitrogens with zero attached hydrogens (tertiary/aromatic N) is 1. The molecule has 2 aromatic carbocycles. The average Bonchev–Trinajstić information content (AvgIpc) is 3.28. The molecule has 1 aromatic heterocycles. The van der Waals surface area contributed by atoms with Gasteiger partial charge in [0, 0.05) is 11.9 Å². The second-order valence-corrected chi connectivity index (χ2v) is 14.4. The summed E-state index contributed by atoms with van der Waals surface area (Å²) in [6.45, 7) is 11.6. The maximum absolute atomic E-state index is 12.5. The van der Waals surface area contributed by atoms with Gasteiger partial charge in [0.1, 0.15) is 0 Å². The van der Waals surface area contributed by atoms with Crippen molar-refractivity contribution in [2.24, 2.45) is 5.92 Å². The van der Waals surface area contributed by atoms with Crippen LogP contribution in [0, 0.1) is 12.8 Å². The number of carbonyl (C=O) groups excluding carboxylic acids is 1. The van der Waals surface area contributed by atoms with E-state index in [0.717, 1.165) is 11.3 Å². The molecule has 0 radical (unpaired) electrons. The van der Waals surface area contributed by atoms with E-state index in [2.05, 4.69) is 86.4 Å². The molecule has 0 N–H and O–H groups in total. The fourth-order valence-corrected chi connectivity index (χ4v) is 9.86. The molecular weight excluding hydrogens is 438 g/mol. The monoisotopic (exact) mass is 473 g/mol. The molecule has 34 heavy (non-hydrogen) atoms. The Labute approximate surface area is 204 Å². The molecular formula is C29H35NO3Si. The zero-order valence-electron chi connectivity index (χ0n) is 20.9. The minimum Gasteiger partial charge on any atom is -0.466 e. The lowest BCUT2D eigenvalue weighted by Gasteiger charge is -2.43. The Balaban J connectivity index is 1.74. The topological polar surface area (TPSA) is 48.4 Å². The normalized spacial score (nSPS) is 15.7. The fraction of sp³-hybridized carbons (Fsp3) is 0.379. The molecule has 178 valence electrons. The van der Waals surface area contributed by atoms with E-state index in [9.17, 15) is 4.79 Å². The molecule has 1 atom stereocenters. The summed E-state index contributed by atoms with van der Waals surface area (Å²) >= 11 is 0. The number of pyridine rings is 1. The number of esters is 1. The van der Waals surface area contributed by atoms with Crippen molar-refractivity contribution >= 4 is 24.7 Å². The fourth-order valence-electron chi connectivity index (χ4n) is 5.33. The van der Waals surface area contributed by atoms with Crippen molar-refractivity contribution in [1.82, 2.24) is 4.98 Å². The zero-order valence-corrected chi connectivity index (χ0v) is 21.9. The van der Waals surface area contributed by atoms with E-state index in [1.807, 2.05) is 20.0 Å². The highest BCUT2D eigenvalue weighted by Gasteiger charge is 2.50. The third-order valence-electron chi connectivity index (χ3n) is 6.98. The van der Waals surface area contributed by atoms with Gasteiger partial charge < -0.3 is 9.16 Å². The molecule has 4 rings (SSSR count). The lowest BCUT2D eigenvalue weighted by molar-refractivity contribution is -0.147. The highest BCUT2D eigenvalue weighted by atomic mass is 28.4. The Morgan fingerprint density at radius 1 is 0.971 bits per heavy atom. The maximum atomic E-state index is 12.5. The van der Waals surface area contributed by atoms with E-state index in [4.69, 9.17) is 9.16 Å². The molecule has 0 amide bonds. The maximum Gasteiger partial charge on any atom is 0.309 e. The van der Waals surface area contributed by atoms with Crippen molar-refractivity contribution in [3.8, 4) is 0 Å². The molecule has 3 aromatic rings. The van der Waals surface area contributed by atoms with E-state index >= 15 is 0 Å². The second-order valence-electron chi connectivity index (χ2n) is 10.1. The lowest BCUT2D eigenvalue weighted by atomic mass is 10.0. The molecule has 1 aliphatic rings. The predicted molar refractivity (Wildman–Crippen MR) is 139 cm³/mol. The van der Waals surface area contributed by atoms with Crippen LogP contribution in [0.3, 0.4) is 0 Å². The largest absolute Gasteiger partial charge is 0.466 e. The Morgan fingerprint density at radius 3 is 2.06 bits per heavy atom. The van der Waals surface area contributed by atoms with Gasteiger partial charge in [0.25, 0.3) is 8.32 Å². The second kappa shape index (κ2) is 9.85. The number of aromatic nitrogens is 1. The molecule has 0 saturated carbocycles. The summed E-state index contributed by atoms with van der Waals surface area (Å²) in [5.74, 6) is -0.249. The molecule has 1 heterocycles. The van der Waals surface area contributed by atoms with E-state index in [1.165, 1.54) is 21.5 Å². The van der Waals surface area contributed by atoms with Crippen LogP contribution in [0.5, 0.6) is 0 Å². The molecule has 0 aliphatic heterocycles. The Kier molecular flexibility index (Phi) is 7.06. The highest BCUT2D eigenvalue weighted by Crippen LogP contribution is 2.38. The number of rotatable bonds is 7. The van der Waals surface area contributed by atoms with Crippen LogP contribution in [0.2, 0.25) is 5.04 Å². The molecule has 1 aliphatic carbocycles. The molecule has 5 heteroatoms. The smallest absolute Gasteiger partial charge is 0.309 e. The third-order valence-corrected chi connectivity index (χ3v) is 12.0. The van der Waals surface area contributed by atoms with Gasteiger partial charge in [-0.2, -0.15) is 0 Å². The zero-order chi connectivity index (χ0) is 24.3.